The molecule has 1 amide bonds. The highest BCUT2D eigenvalue weighted by Gasteiger charge is 2.29. The molecule has 4 rings (SSSR count). The number of rotatable bonds is 5. The first-order chi connectivity index (χ1) is 13.2. The van der Waals surface area contributed by atoms with E-state index in [1.54, 1.807) is 6.33 Å². The Bertz CT molecular complexity index is 897. The lowest BCUT2D eigenvalue weighted by Crippen LogP contribution is -2.35. The van der Waals surface area contributed by atoms with E-state index < -0.39 is 6.04 Å². The lowest BCUT2D eigenvalue weighted by Gasteiger charge is -2.24. The molecule has 5 nitrogen and oxygen atoms in total. The fraction of sp³-hybridized carbons (Fsp3) is 0.273. The van der Waals surface area contributed by atoms with E-state index in [9.17, 15) is 4.79 Å². The highest BCUT2D eigenvalue weighted by Crippen LogP contribution is 2.27. The summed E-state index contributed by atoms with van der Waals surface area (Å²) in [4.78, 5) is 19.4. The van der Waals surface area contributed by atoms with Gasteiger partial charge in [0, 0.05) is 19.3 Å². The van der Waals surface area contributed by atoms with Crippen molar-refractivity contribution in [1.29, 1.82) is 0 Å². The molecule has 0 spiro atoms. The van der Waals surface area contributed by atoms with Crippen LogP contribution in [0.1, 0.15) is 30.1 Å². The minimum atomic E-state index is -0.393. The zero-order valence-corrected chi connectivity index (χ0v) is 15.4. The summed E-state index contributed by atoms with van der Waals surface area (Å²) in [5.41, 5.74) is 1.84. The summed E-state index contributed by atoms with van der Waals surface area (Å²) in [7, 11) is 0. The summed E-state index contributed by atoms with van der Waals surface area (Å²) >= 11 is 0. The summed E-state index contributed by atoms with van der Waals surface area (Å²) < 4.78 is 7.77. The summed E-state index contributed by atoms with van der Waals surface area (Å²) in [5, 5.41) is 0. The Balaban J connectivity index is 1.60. The molecule has 1 atom stereocenters. The maximum atomic E-state index is 13.2. The van der Waals surface area contributed by atoms with E-state index in [0.717, 1.165) is 48.7 Å². The predicted octanol–water partition coefficient (Wildman–Crippen LogP) is 4.20. The van der Waals surface area contributed by atoms with Crippen molar-refractivity contribution in [3.05, 3.63) is 78.4 Å². The van der Waals surface area contributed by atoms with Crippen LogP contribution in [0, 0.1) is 6.92 Å². The number of aromatic nitrogens is 2. The predicted molar refractivity (Wildman–Crippen MR) is 104 cm³/mol. The third kappa shape index (κ3) is 3.87. The molecule has 2 heterocycles. The summed E-state index contributed by atoms with van der Waals surface area (Å²) in [6.45, 7) is 3.60. The number of nitrogens with zero attached hydrogens (tertiary/aromatic N) is 3. The average molecular weight is 361 g/mol. The van der Waals surface area contributed by atoms with Crippen LogP contribution in [0.3, 0.4) is 0 Å². The molecule has 1 unspecified atom stereocenters. The number of benzene rings is 2. The molecular weight excluding hydrogens is 338 g/mol. The molecule has 0 bridgehead atoms. The van der Waals surface area contributed by atoms with E-state index >= 15 is 0 Å². The van der Waals surface area contributed by atoms with Crippen molar-refractivity contribution < 1.29 is 9.53 Å². The quantitative estimate of drug-likeness (QED) is 0.684. The van der Waals surface area contributed by atoms with E-state index in [0.29, 0.717) is 0 Å². The maximum Gasteiger partial charge on any atom is 0.250 e. The van der Waals surface area contributed by atoms with Crippen LogP contribution in [-0.2, 0) is 4.79 Å². The van der Waals surface area contributed by atoms with Crippen molar-refractivity contribution in [2.24, 2.45) is 0 Å². The van der Waals surface area contributed by atoms with E-state index in [1.165, 1.54) is 0 Å². The van der Waals surface area contributed by atoms with Crippen LogP contribution in [0.4, 0.5) is 0 Å². The van der Waals surface area contributed by atoms with Gasteiger partial charge in [-0.1, -0.05) is 30.3 Å². The van der Waals surface area contributed by atoms with E-state index in [-0.39, 0.29) is 5.91 Å². The number of carbonyl (C=O) groups excluding carboxylic acids is 1. The smallest absolute Gasteiger partial charge is 0.250 e. The van der Waals surface area contributed by atoms with Crippen LogP contribution < -0.4 is 4.74 Å². The molecular formula is C22H23N3O2. The first-order valence-electron chi connectivity index (χ1n) is 9.32. The van der Waals surface area contributed by atoms with Crippen LogP contribution in [0.5, 0.6) is 11.5 Å². The van der Waals surface area contributed by atoms with Crippen LogP contribution >= 0.6 is 0 Å². The SMILES string of the molecule is Cc1cn(C(C(=O)N2CCCC2)c2ccc(Oc3ccccc3)cc2)cn1. The Labute approximate surface area is 159 Å². The van der Waals surface area contributed by atoms with Gasteiger partial charge in [-0.15, -0.1) is 0 Å². The van der Waals surface area contributed by atoms with Gasteiger partial charge in [-0.05, 0) is 49.6 Å². The topological polar surface area (TPSA) is 47.4 Å². The molecule has 1 aromatic heterocycles. The molecule has 0 radical (unpaired) electrons. The Morgan fingerprint density at radius 2 is 1.67 bits per heavy atom. The molecule has 1 saturated heterocycles. The molecule has 138 valence electrons. The summed E-state index contributed by atoms with van der Waals surface area (Å²) in [6, 6.07) is 17.0. The molecule has 5 heteroatoms. The minimum absolute atomic E-state index is 0.127. The third-order valence-electron chi connectivity index (χ3n) is 4.86. The van der Waals surface area contributed by atoms with Crippen molar-refractivity contribution >= 4 is 5.91 Å². The normalized spacial score (nSPS) is 14.9. The van der Waals surface area contributed by atoms with Gasteiger partial charge in [0.15, 0.2) is 0 Å². The van der Waals surface area contributed by atoms with E-state index in [4.69, 9.17) is 4.74 Å². The molecule has 2 aromatic carbocycles. The summed E-state index contributed by atoms with van der Waals surface area (Å²) in [5.74, 6) is 1.67. The fourth-order valence-corrected chi connectivity index (χ4v) is 3.48. The number of hydrogen-bond donors (Lipinski definition) is 0. The first kappa shape index (κ1) is 17.3. The number of hydrogen-bond acceptors (Lipinski definition) is 3. The highest BCUT2D eigenvalue weighted by atomic mass is 16.5. The van der Waals surface area contributed by atoms with Gasteiger partial charge in [-0.25, -0.2) is 4.98 Å². The minimum Gasteiger partial charge on any atom is -0.457 e. The van der Waals surface area contributed by atoms with Gasteiger partial charge in [-0.3, -0.25) is 4.79 Å². The summed E-state index contributed by atoms with van der Waals surface area (Å²) in [6.07, 6.45) is 5.81. The van der Waals surface area contributed by atoms with Crippen LogP contribution in [-0.4, -0.2) is 33.4 Å². The van der Waals surface area contributed by atoms with E-state index in [2.05, 4.69) is 4.98 Å². The first-order valence-corrected chi connectivity index (χ1v) is 9.32. The Hall–Kier alpha value is -3.08. The van der Waals surface area contributed by atoms with Crippen molar-refractivity contribution in [3.63, 3.8) is 0 Å². The number of aryl methyl sites for hydroxylation is 1. The number of amides is 1. The second kappa shape index (κ2) is 7.66. The monoisotopic (exact) mass is 361 g/mol. The number of para-hydroxylation sites is 1. The largest absolute Gasteiger partial charge is 0.457 e. The lowest BCUT2D eigenvalue weighted by atomic mass is 10.1. The zero-order chi connectivity index (χ0) is 18.6. The molecule has 3 aromatic rings. The van der Waals surface area contributed by atoms with Gasteiger partial charge in [0.1, 0.15) is 17.5 Å². The zero-order valence-electron chi connectivity index (χ0n) is 15.4. The van der Waals surface area contributed by atoms with Gasteiger partial charge in [0.2, 0.25) is 5.91 Å². The molecule has 27 heavy (non-hydrogen) atoms. The standard InChI is InChI=1S/C22H23N3O2/c1-17-15-25(16-23-17)21(22(26)24-13-5-6-14-24)18-9-11-20(12-10-18)27-19-7-3-2-4-8-19/h2-4,7-12,15-16,21H,5-6,13-14H2,1H3. The number of imidazole rings is 1. The second-order valence-corrected chi connectivity index (χ2v) is 6.88. The van der Waals surface area contributed by atoms with Crippen LogP contribution in [0.2, 0.25) is 0 Å². The molecule has 1 aliphatic rings. The lowest BCUT2D eigenvalue weighted by molar-refractivity contribution is -0.132. The Morgan fingerprint density at radius 3 is 2.30 bits per heavy atom. The molecule has 0 saturated carbocycles. The van der Waals surface area contributed by atoms with Gasteiger partial charge in [-0.2, -0.15) is 0 Å². The average Bonchev–Trinajstić information content (AvgIpc) is 3.36. The maximum absolute atomic E-state index is 13.2. The highest BCUT2D eigenvalue weighted by molar-refractivity contribution is 5.84. The van der Waals surface area contributed by atoms with Gasteiger partial charge in [0.25, 0.3) is 0 Å². The number of carbonyl (C=O) groups is 1. The molecule has 0 N–H and O–H groups in total. The van der Waals surface area contributed by atoms with Crippen molar-refractivity contribution in [2.45, 2.75) is 25.8 Å². The van der Waals surface area contributed by atoms with Gasteiger partial charge in [0.05, 0.1) is 12.0 Å². The van der Waals surface area contributed by atoms with Gasteiger partial charge < -0.3 is 14.2 Å². The Kier molecular flexibility index (Phi) is 4.92. The van der Waals surface area contributed by atoms with Crippen molar-refractivity contribution in [3.8, 4) is 11.5 Å². The molecule has 1 aliphatic heterocycles. The number of likely N-dealkylation sites (tertiary alicyclic amines) is 1. The molecule has 1 fully saturated rings. The van der Waals surface area contributed by atoms with Crippen molar-refractivity contribution in [2.75, 3.05) is 13.1 Å². The van der Waals surface area contributed by atoms with Crippen LogP contribution in [0.15, 0.2) is 67.1 Å². The van der Waals surface area contributed by atoms with Gasteiger partial charge >= 0.3 is 0 Å². The fourth-order valence-electron chi connectivity index (χ4n) is 3.48. The molecule has 0 aliphatic carbocycles. The van der Waals surface area contributed by atoms with Crippen molar-refractivity contribution in [1.82, 2.24) is 14.5 Å². The Morgan fingerprint density at radius 1 is 1.00 bits per heavy atom. The van der Waals surface area contributed by atoms with E-state index in [1.807, 2.05) is 77.2 Å². The third-order valence-corrected chi connectivity index (χ3v) is 4.86. The number of ether oxygens (including phenoxy) is 1. The second-order valence-electron chi connectivity index (χ2n) is 6.88. The van der Waals surface area contributed by atoms with Crippen LogP contribution in [0.25, 0.3) is 0 Å².